The topological polar surface area (TPSA) is 157 Å². The van der Waals surface area contributed by atoms with E-state index in [-0.39, 0.29) is 29.1 Å². The Morgan fingerprint density at radius 2 is 1.71 bits per heavy atom. The van der Waals surface area contributed by atoms with Crippen molar-refractivity contribution < 1.29 is 33.4 Å². The molecule has 5 atom stereocenters. The highest BCUT2D eigenvalue weighted by atomic mass is 16.7. The summed E-state index contributed by atoms with van der Waals surface area (Å²) in [5.41, 5.74) is 4.41. The zero-order valence-corrected chi connectivity index (χ0v) is 23.3. The zero-order valence-electron chi connectivity index (χ0n) is 23.3. The van der Waals surface area contributed by atoms with Crippen molar-refractivity contribution in [3.63, 3.8) is 0 Å². The average molecular weight is 535 g/mol. The van der Waals surface area contributed by atoms with Gasteiger partial charge in [0, 0.05) is 26.0 Å². The number of nitrogens with one attached hydrogen (secondary N) is 2. The molecular formula is C27H42N4O7. The maximum absolute atomic E-state index is 13.9. The number of likely N-dealkylation sites (tertiary alicyclic amines) is 1. The normalized spacial score (nSPS) is 27.9. The summed E-state index contributed by atoms with van der Waals surface area (Å²) in [5, 5.41) is 5.48. The molecule has 0 bridgehead atoms. The third-order valence-corrected chi connectivity index (χ3v) is 8.62. The monoisotopic (exact) mass is 534 g/mol. The third-order valence-electron chi connectivity index (χ3n) is 8.62. The van der Waals surface area contributed by atoms with Crippen LogP contribution >= 0.6 is 0 Å². The molecule has 38 heavy (non-hydrogen) atoms. The van der Waals surface area contributed by atoms with Crippen LogP contribution in [0.5, 0.6) is 0 Å². The van der Waals surface area contributed by atoms with E-state index in [1.165, 1.54) is 4.90 Å². The fourth-order valence-electron chi connectivity index (χ4n) is 5.93. The fraction of sp³-hybridized carbons (Fsp3) is 0.815. The second-order valence-corrected chi connectivity index (χ2v) is 13.0. The van der Waals surface area contributed by atoms with Gasteiger partial charge in [-0.25, -0.2) is 4.79 Å². The van der Waals surface area contributed by atoms with E-state index in [1.807, 2.05) is 27.7 Å². The number of carbonyl (C=O) groups is 5. The molecule has 0 aromatic rings. The lowest BCUT2D eigenvalue weighted by atomic mass is 9.85. The summed E-state index contributed by atoms with van der Waals surface area (Å²) in [6, 6.07) is -2.80. The number of nitrogens with two attached hydrogens (primary N) is 1. The Bertz CT molecular complexity index is 1010. The third kappa shape index (κ3) is 5.67. The van der Waals surface area contributed by atoms with Gasteiger partial charge >= 0.3 is 6.09 Å². The molecule has 0 aromatic heterocycles. The highest BCUT2D eigenvalue weighted by molar-refractivity contribution is 6.37. The SMILES string of the molecule is CCOC1(OC(=O)NC(C(=O)N2CC3C(C2C(=O)NC(CC2CC2)C(=O)C(N)=O)C3(C)C)C(C)(C)C)CC1. The largest absolute Gasteiger partial charge is 0.417 e. The lowest BCUT2D eigenvalue weighted by Gasteiger charge is -2.37. The maximum atomic E-state index is 13.9. The van der Waals surface area contributed by atoms with Crippen LogP contribution in [0.15, 0.2) is 0 Å². The number of fused-ring (bicyclic) bond motifs is 1. The number of hydrogen-bond donors (Lipinski definition) is 3. The van der Waals surface area contributed by atoms with Gasteiger partial charge in [-0.2, -0.15) is 0 Å². The lowest BCUT2D eigenvalue weighted by molar-refractivity contribution is -0.146. The molecule has 4 N–H and O–H groups in total. The number of nitrogens with zero attached hydrogens (tertiary/aromatic N) is 1. The number of rotatable bonds is 11. The second kappa shape index (κ2) is 9.81. The Labute approximate surface area is 223 Å². The number of Topliss-reactive ketones (excluding diaryl/α,β-unsaturated/α-hetero) is 1. The molecular weight excluding hydrogens is 492 g/mol. The summed E-state index contributed by atoms with van der Waals surface area (Å²) in [7, 11) is 0. The van der Waals surface area contributed by atoms with Gasteiger partial charge < -0.3 is 30.7 Å². The number of alkyl carbamates (subject to hydrolysis) is 1. The Morgan fingerprint density at radius 1 is 1.08 bits per heavy atom. The summed E-state index contributed by atoms with van der Waals surface area (Å²) in [4.78, 5) is 66.0. The van der Waals surface area contributed by atoms with Crippen LogP contribution in [0.3, 0.4) is 0 Å². The lowest BCUT2D eigenvalue weighted by Crippen LogP contribution is -2.60. The molecule has 11 heteroatoms. The Hall–Kier alpha value is -2.69. The highest BCUT2D eigenvalue weighted by Gasteiger charge is 2.70. The minimum atomic E-state index is -1.09. The first-order valence-electron chi connectivity index (χ1n) is 13.7. The molecule has 5 unspecified atom stereocenters. The molecule has 0 radical (unpaired) electrons. The number of carbonyl (C=O) groups excluding carboxylic acids is 5. The van der Waals surface area contributed by atoms with Gasteiger partial charge in [0.1, 0.15) is 12.1 Å². The van der Waals surface area contributed by atoms with Crippen molar-refractivity contribution in [3.8, 4) is 0 Å². The van der Waals surface area contributed by atoms with Crippen LogP contribution in [0.4, 0.5) is 4.79 Å². The van der Waals surface area contributed by atoms with Crippen LogP contribution in [0.2, 0.25) is 0 Å². The molecule has 11 nitrogen and oxygen atoms in total. The van der Waals surface area contributed by atoms with Crippen LogP contribution in [-0.4, -0.2) is 71.6 Å². The number of ketones is 1. The standard InChI is InChI=1S/C27H42N4O7/c1-7-37-27(10-11-27)38-24(36)30-20(25(2,3)4)23(35)31-13-15-17(26(15,5)6)18(31)22(34)29-16(12-14-8-9-14)19(32)21(28)33/h14-18,20H,7-13H2,1-6H3,(H2,28,33)(H,29,34)(H,30,36). The van der Waals surface area contributed by atoms with Crippen molar-refractivity contribution in [2.45, 2.75) is 97.6 Å². The molecule has 4 fully saturated rings. The molecule has 1 saturated heterocycles. The van der Waals surface area contributed by atoms with Crippen molar-refractivity contribution in [2.75, 3.05) is 13.2 Å². The van der Waals surface area contributed by atoms with Crippen molar-refractivity contribution >= 4 is 29.6 Å². The summed E-state index contributed by atoms with van der Waals surface area (Å²) in [6.45, 7) is 12.2. The summed E-state index contributed by atoms with van der Waals surface area (Å²) in [6.07, 6.45) is 2.67. The predicted molar refractivity (Wildman–Crippen MR) is 136 cm³/mol. The first kappa shape index (κ1) is 28.3. The van der Waals surface area contributed by atoms with Crippen LogP contribution < -0.4 is 16.4 Å². The first-order chi connectivity index (χ1) is 17.6. The van der Waals surface area contributed by atoms with E-state index in [9.17, 15) is 24.0 Å². The van der Waals surface area contributed by atoms with E-state index >= 15 is 0 Å². The Morgan fingerprint density at radius 3 is 2.21 bits per heavy atom. The van der Waals surface area contributed by atoms with Crippen molar-refractivity contribution in [2.24, 2.45) is 34.3 Å². The van der Waals surface area contributed by atoms with E-state index in [0.717, 1.165) is 12.8 Å². The molecule has 3 saturated carbocycles. The fourth-order valence-corrected chi connectivity index (χ4v) is 5.93. The van der Waals surface area contributed by atoms with Gasteiger partial charge in [-0.1, -0.05) is 47.5 Å². The quantitative estimate of drug-likeness (QED) is 0.268. The van der Waals surface area contributed by atoms with Crippen LogP contribution in [0.1, 0.15) is 73.6 Å². The smallest absolute Gasteiger partial charge is 0.410 e. The van der Waals surface area contributed by atoms with E-state index in [1.54, 1.807) is 0 Å². The summed E-state index contributed by atoms with van der Waals surface area (Å²) >= 11 is 0. The minimum absolute atomic E-state index is 0.100. The van der Waals surface area contributed by atoms with E-state index in [4.69, 9.17) is 15.2 Å². The van der Waals surface area contributed by atoms with Crippen molar-refractivity contribution in [1.82, 2.24) is 15.5 Å². The van der Waals surface area contributed by atoms with Gasteiger partial charge in [-0.05, 0) is 41.9 Å². The Balaban J connectivity index is 1.52. The van der Waals surface area contributed by atoms with Crippen LogP contribution in [0, 0.1) is 28.6 Å². The second-order valence-electron chi connectivity index (χ2n) is 13.0. The maximum Gasteiger partial charge on any atom is 0.410 e. The van der Waals surface area contributed by atoms with Gasteiger partial charge in [0.05, 0.1) is 6.04 Å². The van der Waals surface area contributed by atoms with Gasteiger partial charge in [0.15, 0.2) is 0 Å². The molecule has 212 valence electrons. The van der Waals surface area contributed by atoms with Gasteiger partial charge in [0.25, 0.3) is 5.91 Å². The van der Waals surface area contributed by atoms with Crippen LogP contribution in [0.25, 0.3) is 0 Å². The van der Waals surface area contributed by atoms with E-state index < -0.39 is 53.0 Å². The van der Waals surface area contributed by atoms with Crippen molar-refractivity contribution in [1.29, 1.82) is 0 Å². The van der Waals surface area contributed by atoms with E-state index in [0.29, 0.717) is 32.4 Å². The average Bonchev–Trinajstić information content (AvgIpc) is 3.76. The highest BCUT2D eigenvalue weighted by Crippen LogP contribution is 2.65. The molecule has 1 aliphatic heterocycles. The van der Waals surface area contributed by atoms with Crippen LogP contribution in [-0.2, 0) is 28.7 Å². The van der Waals surface area contributed by atoms with Crippen molar-refractivity contribution in [3.05, 3.63) is 0 Å². The van der Waals surface area contributed by atoms with E-state index in [2.05, 4.69) is 24.5 Å². The number of ether oxygens (including phenoxy) is 2. The number of amides is 4. The van der Waals surface area contributed by atoms with Gasteiger partial charge in [0.2, 0.25) is 23.4 Å². The summed E-state index contributed by atoms with van der Waals surface area (Å²) < 4.78 is 11.0. The number of primary amides is 1. The number of piperidine rings is 1. The molecule has 1 heterocycles. The van der Waals surface area contributed by atoms with Gasteiger partial charge in [-0.3, -0.25) is 19.2 Å². The molecule has 4 amide bonds. The molecule has 4 aliphatic rings. The minimum Gasteiger partial charge on any atom is -0.417 e. The van der Waals surface area contributed by atoms with Gasteiger partial charge in [-0.15, -0.1) is 0 Å². The molecule has 0 aromatic carbocycles. The summed E-state index contributed by atoms with van der Waals surface area (Å²) in [5.74, 6) is -3.44. The molecule has 3 aliphatic carbocycles. The molecule has 4 rings (SSSR count). The molecule has 0 spiro atoms. The Kier molecular flexibility index (Phi) is 7.31. The predicted octanol–water partition coefficient (Wildman–Crippen LogP) is 1.48. The first-order valence-corrected chi connectivity index (χ1v) is 13.7. The zero-order chi connectivity index (χ0) is 28.2. The number of hydrogen-bond acceptors (Lipinski definition) is 7.